The Labute approximate surface area is 243 Å². The fourth-order valence-electron chi connectivity index (χ4n) is 5.93. The van der Waals surface area contributed by atoms with Gasteiger partial charge in [0.15, 0.2) is 5.82 Å². The van der Waals surface area contributed by atoms with Crippen LogP contribution in [-0.4, -0.2) is 51.3 Å². The van der Waals surface area contributed by atoms with Crippen LogP contribution in [0.25, 0.3) is 27.7 Å². The van der Waals surface area contributed by atoms with Gasteiger partial charge in [-0.1, -0.05) is 49.7 Å². The highest BCUT2D eigenvalue weighted by molar-refractivity contribution is 6.34. The normalized spacial score (nSPS) is 16.4. The third kappa shape index (κ3) is 4.97. The Morgan fingerprint density at radius 3 is 2.39 bits per heavy atom. The van der Waals surface area contributed by atoms with Crippen molar-refractivity contribution in [1.82, 2.24) is 14.5 Å². The summed E-state index contributed by atoms with van der Waals surface area (Å²) in [5, 5.41) is 10.8. The van der Waals surface area contributed by atoms with Crippen LogP contribution in [0.4, 0.5) is 14.6 Å². The average molecular weight is 581 g/mol. The summed E-state index contributed by atoms with van der Waals surface area (Å²) in [6, 6.07) is 11.3. The van der Waals surface area contributed by atoms with Crippen LogP contribution in [0, 0.1) is 18.6 Å². The zero-order chi connectivity index (χ0) is 29.7. The molecular weight excluding hydrogens is 546 g/mol. The molecule has 9 heteroatoms. The molecule has 1 atom stereocenters. The zero-order valence-corrected chi connectivity index (χ0v) is 24.9. The molecule has 1 fully saturated rings. The van der Waals surface area contributed by atoms with Gasteiger partial charge in [0.25, 0.3) is 0 Å². The standard InChI is InChI=1S/C32H35ClF2N4O2/c1-17(2)21-10-7-9-19(5)29(21)39-30-22(15-23(33)26(28(30)35)27-24(34)11-8-12-25(27)40)31(36-32(39)41)38-14-13-37(18(3)4)16-20(38)6/h7-12,15,17-18,20,40H,13-14,16H2,1-6H3. The highest BCUT2D eigenvalue weighted by Gasteiger charge is 2.31. The summed E-state index contributed by atoms with van der Waals surface area (Å²) >= 11 is 6.69. The number of nitrogens with zero attached hydrogens (tertiary/aromatic N) is 4. The summed E-state index contributed by atoms with van der Waals surface area (Å²) in [5.74, 6) is -1.83. The van der Waals surface area contributed by atoms with Gasteiger partial charge in [0.05, 0.1) is 21.8 Å². The Bertz CT molecular complexity index is 1680. The van der Waals surface area contributed by atoms with Crippen LogP contribution in [0.3, 0.4) is 0 Å². The minimum absolute atomic E-state index is 0.0149. The number of phenols is 1. The highest BCUT2D eigenvalue weighted by Crippen LogP contribution is 2.43. The molecule has 4 aromatic rings. The van der Waals surface area contributed by atoms with E-state index >= 15 is 8.78 Å². The van der Waals surface area contributed by atoms with Crippen molar-refractivity contribution in [2.45, 2.75) is 59.5 Å². The van der Waals surface area contributed by atoms with E-state index < -0.39 is 23.1 Å². The Morgan fingerprint density at radius 1 is 1.05 bits per heavy atom. The molecule has 1 unspecified atom stereocenters. The van der Waals surface area contributed by atoms with Crippen LogP contribution in [0.1, 0.15) is 51.7 Å². The fourth-order valence-corrected chi connectivity index (χ4v) is 6.22. The van der Waals surface area contributed by atoms with Gasteiger partial charge in [0, 0.05) is 42.7 Å². The fraction of sp³-hybridized carbons (Fsp3) is 0.375. The van der Waals surface area contributed by atoms with Gasteiger partial charge in [-0.05, 0) is 62.9 Å². The van der Waals surface area contributed by atoms with E-state index in [1.807, 2.05) is 43.9 Å². The molecule has 0 radical (unpaired) electrons. The van der Waals surface area contributed by atoms with E-state index in [1.165, 1.54) is 22.8 Å². The second-order valence-electron chi connectivity index (χ2n) is 11.4. The monoisotopic (exact) mass is 580 g/mol. The van der Waals surface area contributed by atoms with Crippen molar-refractivity contribution in [3.8, 4) is 22.6 Å². The lowest BCUT2D eigenvalue weighted by atomic mass is 9.96. The first-order valence-corrected chi connectivity index (χ1v) is 14.3. The number of phenolic OH excluding ortho intramolecular Hbond substituents is 1. The number of aromatic hydroxyl groups is 1. The molecule has 0 spiro atoms. The first-order valence-electron chi connectivity index (χ1n) is 14.0. The van der Waals surface area contributed by atoms with Crippen LogP contribution in [0.2, 0.25) is 5.02 Å². The molecule has 41 heavy (non-hydrogen) atoms. The van der Waals surface area contributed by atoms with Crippen LogP contribution in [-0.2, 0) is 0 Å². The second kappa shape index (κ2) is 11.1. The maximum absolute atomic E-state index is 17.0. The maximum Gasteiger partial charge on any atom is 0.354 e. The first-order chi connectivity index (χ1) is 19.4. The second-order valence-corrected chi connectivity index (χ2v) is 11.8. The van der Waals surface area contributed by atoms with Crippen molar-refractivity contribution < 1.29 is 13.9 Å². The van der Waals surface area contributed by atoms with E-state index in [9.17, 15) is 9.90 Å². The number of aryl methyl sites for hydroxylation is 1. The summed E-state index contributed by atoms with van der Waals surface area (Å²) < 4.78 is 33.4. The zero-order valence-electron chi connectivity index (χ0n) is 24.2. The molecular formula is C32H35ClF2N4O2. The largest absolute Gasteiger partial charge is 0.507 e. The molecule has 2 heterocycles. The van der Waals surface area contributed by atoms with Gasteiger partial charge in [-0.2, -0.15) is 4.98 Å². The molecule has 216 valence electrons. The molecule has 0 saturated carbocycles. The molecule has 1 aromatic heterocycles. The van der Waals surface area contributed by atoms with Gasteiger partial charge in [-0.15, -0.1) is 0 Å². The number of halogens is 3. The average Bonchev–Trinajstić information content (AvgIpc) is 2.90. The third-order valence-corrected chi connectivity index (χ3v) is 8.37. The van der Waals surface area contributed by atoms with E-state index in [2.05, 4.69) is 30.7 Å². The third-order valence-electron chi connectivity index (χ3n) is 8.07. The van der Waals surface area contributed by atoms with Gasteiger partial charge < -0.3 is 10.0 Å². The van der Waals surface area contributed by atoms with Crippen molar-refractivity contribution in [1.29, 1.82) is 0 Å². The molecule has 1 aliphatic heterocycles. The molecule has 1 aliphatic rings. The predicted molar refractivity (Wildman–Crippen MR) is 162 cm³/mol. The van der Waals surface area contributed by atoms with E-state index in [-0.39, 0.29) is 33.6 Å². The Balaban J connectivity index is 1.90. The number of aromatic nitrogens is 2. The quantitative estimate of drug-likeness (QED) is 0.274. The number of hydrogen-bond donors (Lipinski definition) is 1. The van der Waals surface area contributed by atoms with Crippen molar-refractivity contribution in [3.05, 3.63) is 80.7 Å². The van der Waals surface area contributed by atoms with Gasteiger partial charge in [0.2, 0.25) is 0 Å². The molecule has 1 saturated heterocycles. The SMILES string of the molecule is Cc1cccc(C(C)C)c1-n1c(=O)nc(N2CCN(C(C)C)CC2C)c2cc(Cl)c(-c3c(O)cccc3F)c(F)c21. The minimum Gasteiger partial charge on any atom is -0.507 e. The first kappa shape index (κ1) is 29.0. The van der Waals surface area contributed by atoms with E-state index in [1.54, 1.807) is 0 Å². The minimum atomic E-state index is -0.903. The summed E-state index contributed by atoms with van der Waals surface area (Å²) in [6.45, 7) is 14.3. The number of rotatable bonds is 5. The maximum atomic E-state index is 17.0. The molecule has 0 bridgehead atoms. The Morgan fingerprint density at radius 2 is 1.76 bits per heavy atom. The Kier molecular flexibility index (Phi) is 7.83. The number of para-hydroxylation sites is 1. The number of benzene rings is 3. The van der Waals surface area contributed by atoms with Crippen LogP contribution < -0.4 is 10.6 Å². The van der Waals surface area contributed by atoms with Crippen LogP contribution in [0.5, 0.6) is 5.75 Å². The predicted octanol–water partition coefficient (Wildman–Crippen LogP) is 7.04. The number of fused-ring (bicyclic) bond motifs is 1. The lowest BCUT2D eigenvalue weighted by molar-refractivity contribution is 0.185. The summed E-state index contributed by atoms with van der Waals surface area (Å²) in [6.07, 6.45) is 0. The molecule has 0 amide bonds. The molecule has 3 aromatic carbocycles. The van der Waals surface area contributed by atoms with Crippen molar-refractivity contribution in [2.75, 3.05) is 24.5 Å². The number of hydrogen-bond acceptors (Lipinski definition) is 5. The molecule has 0 aliphatic carbocycles. The molecule has 6 nitrogen and oxygen atoms in total. The Hall–Kier alpha value is -3.49. The summed E-state index contributed by atoms with van der Waals surface area (Å²) in [7, 11) is 0. The summed E-state index contributed by atoms with van der Waals surface area (Å²) in [5.41, 5.74) is 0.756. The van der Waals surface area contributed by atoms with Crippen molar-refractivity contribution in [2.24, 2.45) is 0 Å². The highest BCUT2D eigenvalue weighted by atomic mass is 35.5. The topological polar surface area (TPSA) is 61.6 Å². The van der Waals surface area contributed by atoms with E-state index in [0.29, 0.717) is 29.5 Å². The lowest BCUT2D eigenvalue weighted by Crippen LogP contribution is -2.54. The lowest BCUT2D eigenvalue weighted by Gasteiger charge is -2.42. The summed E-state index contributed by atoms with van der Waals surface area (Å²) in [4.78, 5) is 22.9. The van der Waals surface area contributed by atoms with Crippen molar-refractivity contribution in [3.63, 3.8) is 0 Å². The molecule has 1 N–H and O–H groups in total. The van der Waals surface area contributed by atoms with Crippen LogP contribution in [0.15, 0.2) is 47.3 Å². The smallest absolute Gasteiger partial charge is 0.354 e. The number of anilines is 1. The van der Waals surface area contributed by atoms with Gasteiger partial charge in [0.1, 0.15) is 17.4 Å². The van der Waals surface area contributed by atoms with Gasteiger partial charge in [-0.3, -0.25) is 9.47 Å². The van der Waals surface area contributed by atoms with Gasteiger partial charge >= 0.3 is 5.69 Å². The van der Waals surface area contributed by atoms with Crippen LogP contribution >= 0.6 is 11.6 Å². The number of piperazine rings is 1. The van der Waals surface area contributed by atoms with E-state index in [0.717, 1.165) is 30.3 Å². The van der Waals surface area contributed by atoms with Crippen molar-refractivity contribution >= 4 is 28.3 Å². The van der Waals surface area contributed by atoms with E-state index in [4.69, 9.17) is 11.6 Å². The van der Waals surface area contributed by atoms with Gasteiger partial charge in [-0.25, -0.2) is 13.6 Å². The molecule has 5 rings (SSSR count).